The SMILES string of the molecule is CCCNc1ccc(CNc2nn3cc(C(C)(C)C)nc3s2)cc1. The Labute approximate surface area is 147 Å². The van der Waals surface area contributed by atoms with Crippen LogP contribution in [0.2, 0.25) is 0 Å². The summed E-state index contributed by atoms with van der Waals surface area (Å²) in [6.07, 6.45) is 3.15. The van der Waals surface area contributed by atoms with Crippen molar-refractivity contribution in [2.75, 3.05) is 17.2 Å². The van der Waals surface area contributed by atoms with Crippen LogP contribution in [0.5, 0.6) is 0 Å². The van der Waals surface area contributed by atoms with Gasteiger partial charge in [0, 0.05) is 24.2 Å². The highest BCUT2D eigenvalue weighted by atomic mass is 32.1. The van der Waals surface area contributed by atoms with Crippen molar-refractivity contribution < 1.29 is 0 Å². The molecule has 0 bridgehead atoms. The molecule has 0 aliphatic rings. The number of fused-ring (bicyclic) bond motifs is 1. The number of rotatable bonds is 6. The van der Waals surface area contributed by atoms with E-state index in [2.05, 4.69) is 72.7 Å². The van der Waals surface area contributed by atoms with Crippen molar-refractivity contribution in [1.29, 1.82) is 0 Å². The highest BCUT2D eigenvalue weighted by molar-refractivity contribution is 7.20. The molecule has 3 rings (SSSR count). The summed E-state index contributed by atoms with van der Waals surface area (Å²) in [6, 6.07) is 8.52. The number of imidazole rings is 1. The summed E-state index contributed by atoms with van der Waals surface area (Å²) in [5.41, 5.74) is 3.53. The summed E-state index contributed by atoms with van der Waals surface area (Å²) in [4.78, 5) is 5.60. The third-order valence-corrected chi connectivity index (χ3v) is 4.67. The van der Waals surface area contributed by atoms with Crippen molar-refractivity contribution in [3.63, 3.8) is 0 Å². The van der Waals surface area contributed by atoms with Crippen molar-refractivity contribution in [2.45, 2.75) is 46.1 Å². The van der Waals surface area contributed by atoms with E-state index in [9.17, 15) is 0 Å². The monoisotopic (exact) mass is 343 g/mol. The van der Waals surface area contributed by atoms with Crippen LogP contribution < -0.4 is 10.6 Å². The second kappa shape index (κ2) is 6.81. The zero-order valence-corrected chi connectivity index (χ0v) is 15.6. The van der Waals surface area contributed by atoms with E-state index in [0.717, 1.165) is 35.3 Å². The molecule has 5 nitrogen and oxygen atoms in total. The lowest BCUT2D eigenvalue weighted by atomic mass is 9.93. The Morgan fingerprint density at radius 1 is 1.12 bits per heavy atom. The third-order valence-electron chi connectivity index (χ3n) is 3.79. The lowest BCUT2D eigenvalue weighted by Crippen LogP contribution is -2.11. The molecule has 2 heterocycles. The van der Waals surface area contributed by atoms with Gasteiger partial charge in [-0.15, -0.1) is 5.10 Å². The maximum atomic E-state index is 4.67. The van der Waals surface area contributed by atoms with E-state index in [-0.39, 0.29) is 5.41 Å². The van der Waals surface area contributed by atoms with Gasteiger partial charge < -0.3 is 10.6 Å². The molecule has 0 unspecified atom stereocenters. The van der Waals surface area contributed by atoms with E-state index in [1.54, 1.807) is 11.3 Å². The zero-order chi connectivity index (χ0) is 17.2. The number of nitrogens with zero attached hydrogens (tertiary/aromatic N) is 3. The summed E-state index contributed by atoms with van der Waals surface area (Å²) in [5.74, 6) is 0. The highest BCUT2D eigenvalue weighted by Crippen LogP contribution is 2.25. The first-order valence-electron chi connectivity index (χ1n) is 8.39. The van der Waals surface area contributed by atoms with Gasteiger partial charge in [0.25, 0.3) is 0 Å². The first kappa shape index (κ1) is 16.8. The van der Waals surface area contributed by atoms with Gasteiger partial charge in [-0.3, -0.25) is 0 Å². The topological polar surface area (TPSA) is 54.2 Å². The van der Waals surface area contributed by atoms with Crippen LogP contribution >= 0.6 is 11.3 Å². The molecule has 2 N–H and O–H groups in total. The van der Waals surface area contributed by atoms with Gasteiger partial charge in [0.15, 0.2) is 0 Å². The van der Waals surface area contributed by atoms with E-state index in [1.807, 2.05) is 10.7 Å². The average Bonchev–Trinajstić information content (AvgIpc) is 3.10. The summed E-state index contributed by atoms with van der Waals surface area (Å²) in [6.45, 7) is 10.4. The van der Waals surface area contributed by atoms with Crippen molar-refractivity contribution in [3.05, 3.63) is 41.7 Å². The minimum atomic E-state index is 0.0502. The molecule has 0 aliphatic carbocycles. The van der Waals surface area contributed by atoms with E-state index in [0.29, 0.717) is 0 Å². The van der Waals surface area contributed by atoms with Gasteiger partial charge in [-0.05, 0) is 24.1 Å². The van der Waals surface area contributed by atoms with E-state index < -0.39 is 0 Å². The van der Waals surface area contributed by atoms with Crippen molar-refractivity contribution in [3.8, 4) is 0 Å². The number of nitrogens with one attached hydrogen (secondary N) is 2. The number of benzene rings is 1. The van der Waals surface area contributed by atoms with Gasteiger partial charge >= 0.3 is 0 Å². The molecule has 3 aromatic rings. The predicted octanol–water partition coefficient (Wildman–Crippen LogP) is 4.52. The summed E-state index contributed by atoms with van der Waals surface area (Å²) in [7, 11) is 0. The zero-order valence-electron chi connectivity index (χ0n) is 14.8. The second-order valence-corrected chi connectivity index (χ2v) is 7.94. The molecule has 0 radical (unpaired) electrons. The molecule has 0 atom stereocenters. The number of anilines is 2. The summed E-state index contributed by atoms with van der Waals surface area (Å²) in [5, 5.41) is 12.2. The Morgan fingerprint density at radius 2 is 1.88 bits per heavy atom. The average molecular weight is 344 g/mol. The fourth-order valence-electron chi connectivity index (χ4n) is 2.32. The lowest BCUT2D eigenvalue weighted by Gasteiger charge is -2.13. The molecule has 0 aliphatic heterocycles. The van der Waals surface area contributed by atoms with Gasteiger partial charge in [-0.1, -0.05) is 51.2 Å². The molecule has 2 aromatic heterocycles. The Kier molecular flexibility index (Phi) is 4.76. The van der Waals surface area contributed by atoms with E-state index in [1.165, 1.54) is 11.3 Å². The van der Waals surface area contributed by atoms with Gasteiger partial charge in [0.2, 0.25) is 10.1 Å². The minimum absolute atomic E-state index is 0.0502. The van der Waals surface area contributed by atoms with Crippen LogP contribution in [0, 0.1) is 0 Å². The fourth-order valence-corrected chi connectivity index (χ4v) is 3.10. The van der Waals surface area contributed by atoms with Crippen LogP contribution in [-0.2, 0) is 12.0 Å². The number of aromatic nitrogens is 3. The standard InChI is InChI=1S/C18H25N5S/c1-5-10-19-14-8-6-13(7-9-14)11-20-16-22-23-12-15(18(2,3)4)21-17(23)24-16/h6-9,12,19H,5,10-11H2,1-4H3,(H,20,22). The Bertz CT molecular complexity index is 764. The molecule has 6 heteroatoms. The van der Waals surface area contributed by atoms with Gasteiger partial charge in [0.1, 0.15) is 0 Å². The first-order valence-corrected chi connectivity index (χ1v) is 9.21. The van der Waals surface area contributed by atoms with Crippen LogP contribution in [0.3, 0.4) is 0 Å². The molecule has 1 aromatic carbocycles. The normalized spacial score (nSPS) is 11.8. The molecule has 0 saturated carbocycles. The van der Waals surface area contributed by atoms with Gasteiger partial charge in [0.05, 0.1) is 11.9 Å². The Morgan fingerprint density at radius 3 is 2.50 bits per heavy atom. The minimum Gasteiger partial charge on any atom is -0.385 e. The summed E-state index contributed by atoms with van der Waals surface area (Å²) < 4.78 is 1.87. The van der Waals surface area contributed by atoms with Gasteiger partial charge in [-0.2, -0.15) is 0 Å². The van der Waals surface area contributed by atoms with Crippen LogP contribution in [0.4, 0.5) is 10.8 Å². The molecular weight excluding hydrogens is 318 g/mol. The van der Waals surface area contributed by atoms with Crippen LogP contribution in [-0.4, -0.2) is 21.1 Å². The molecule has 0 saturated heterocycles. The quantitative estimate of drug-likeness (QED) is 0.691. The smallest absolute Gasteiger partial charge is 0.214 e. The third kappa shape index (κ3) is 3.87. The maximum Gasteiger partial charge on any atom is 0.214 e. The molecule has 0 spiro atoms. The summed E-state index contributed by atoms with van der Waals surface area (Å²) >= 11 is 1.59. The van der Waals surface area contributed by atoms with E-state index >= 15 is 0 Å². The predicted molar refractivity (Wildman–Crippen MR) is 102 cm³/mol. The van der Waals surface area contributed by atoms with E-state index in [4.69, 9.17) is 0 Å². The van der Waals surface area contributed by atoms with Crippen LogP contribution in [0.1, 0.15) is 45.4 Å². The Balaban J connectivity index is 1.62. The lowest BCUT2D eigenvalue weighted by molar-refractivity contribution is 0.572. The van der Waals surface area contributed by atoms with Crippen LogP contribution in [0.25, 0.3) is 4.96 Å². The van der Waals surface area contributed by atoms with Crippen molar-refractivity contribution >= 4 is 27.1 Å². The second-order valence-electron chi connectivity index (χ2n) is 6.99. The molecule has 0 amide bonds. The maximum absolute atomic E-state index is 4.67. The van der Waals surface area contributed by atoms with Crippen LogP contribution in [0.15, 0.2) is 30.5 Å². The highest BCUT2D eigenvalue weighted by Gasteiger charge is 2.19. The molecule has 128 valence electrons. The molecule has 24 heavy (non-hydrogen) atoms. The number of hydrogen-bond acceptors (Lipinski definition) is 5. The first-order chi connectivity index (χ1) is 11.5. The number of hydrogen-bond donors (Lipinski definition) is 2. The molecular formula is C18H25N5S. The van der Waals surface area contributed by atoms with Crippen molar-refractivity contribution in [1.82, 2.24) is 14.6 Å². The van der Waals surface area contributed by atoms with Crippen molar-refractivity contribution in [2.24, 2.45) is 0 Å². The molecule has 0 fully saturated rings. The fraction of sp³-hybridized carbons (Fsp3) is 0.444. The largest absolute Gasteiger partial charge is 0.385 e. The van der Waals surface area contributed by atoms with Gasteiger partial charge in [-0.25, -0.2) is 9.50 Å². The Hall–Kier alpha value is -2.08.